The van der Waals surface area contributed by atoms with Gasteiger partial charge in [-0.05, 0) is 6.07 Å². The summed E-state index contributed by atoms with van der Waals surface area (Å²) in [7, 11) is 3.02. The largest absolute Gasteiger partial charge is 0.465 e. The van der Waals surface area contributed by atoms with Crippen molar-refractivity contribution in [1.29, 1.82) is 0 Å². The Morgan fingerprint density at radius 2 is 2.11 bits per heavy atom. The number of ether oxygens (including phenoxy) is 1. The van der Waals surface area contributed by atoms with Crippen LogP contribution in [0.25, 0.3) is 11.4 Å². The first kappa shape index (κ1) is 13.5. The number of nitrogens with zero attached hydrogens (tertiary/aromatic N) is 2. The van der Waals surface area contributed by atoms with Crippen molar-refractivity contribution in [1.82, 2.24) is 9.97 Å². The molecule has 0 radical (unpaired) electrons. The van der Waals surface area contributed by atoms with Crippen LogP contribution in [-0.2, 0) is 4.74 Å². The number of nitrogens with one attached hydrogen (secondary N) is 1. The predicted octanol–water partition coefficient (Wildman–Crippen LogP) is 2.73. The van der Waals surface area contributed by atoms with E-state index >= 15 is 0 Å². The molecule has 0 atom stereocenters. The number of anilines is 1. The first-order valence-corrected chi connectivity index (χ1v) is 6.34. The fraction of sp³-hybridized carbons (Fsp3) is 0.154. The first-order valence-electron chi connectivity index (χ1n) is 5.55. The number of rotatable bonds is 3. The van der Waals surface area contributed by atoms with Gasteiger partial charge in [-0.3, -0.25) is 0 Å². The van der Waals surface area contributed by atoms with Crippen LogP contribution in [0.15, 0.2) is 34.9 Å². The number of hydrogen-bond donors (Lipinski definition) is 1. The molecular formula is C13H12BrN3O2. The van der Waals surface area contributed by atoms with Gasteiger partial charge in [-0.1, -0.05) is 34.1 Å². The Morgan fingerprint density at radius 3 is 2.74 bits per heavy atom. The molecule has 98 valence electrons. The lowest BCUT2D eigenvalue weighted by Crippen LogP contribution is -2.09. The lowest BCUT2D eigenvalue weighted by Gasteiger charge is -2.09. The molecule has 0 aliphatic carbocycles. The molecule has 0 aliphatic rings. The van der Waals surface area contributed by atoms with Gasteiger partial charge in [0.25, 0.3) is 0 Å². The van der Waals surface area contributed by atoms with Crippen LogP contribution in [0, 0.1) is 0 Å². The number of carbonyl (C=O) groups excluding carboxylic acids is 1. The van der Waals surface area contributed by atoms with Gasteiger partial charge in [0.1, 0.15) is 11.4 Å². The van der Waals surface area contributed by atoms with Crippen molar-refractivity contribution >= 4 is 27.7 Å². The van der Waals surface area contributed by atoms with E-state index in [9.17, 15) is 4.79 Å². The zero-order valence-electron chi connectivity index (χ0n) is 10.5. The highest BCUT2D eigenvalue weighted by Crippen LogP contribution is 2.26. The average molecular weight is 322 g/mol. The van der Waals surface area contributed by atoms with E-state index in [0.29, 0.717) is 17.2 Å². The third-order valence-electron chi connectivity index (χ3n) is 2.55. The predicted molar refractivity (Wildman–Crippen MR) is 76.1 cm³/mol. The van der Waals surface area contributed by atoms with Gasteiger partial charge in [0.2, 0.25) is 0 Å². The summed E-state index contributed by atoms with van der Waals surface area (Å²) in [5, 5.41) is 2.87. The number of methoxy groups -OCH3 is 1. The second-order valence-electron chi connectivity index (χ2n) is 3.68. The van der Waals surface area contributed by atoms with E-state index in [0.717, 1.165) is 10.0 Å². The molecule has 0 saturated heterocycles. The van der Waals surface area contributed by atoms with Crippen LogP contribution in [0.1, 0.15) is 10.4 Å². The highest BCUT2D eigenvalue weighted by atomic mass is 79.9. The number of aromatic nitrogens is 2. The topological polar surface area (TPSA) is 64.1 Å². The second-order valence-corrected chi connectivity index (χ2v) is 4.53. The van der Waals surface area contributed by atoms with E-state index in [1.807, 2.05) is 24.3 Å². The SMILES string of the molecule is CNc1nc(-c2ccccc2Br)ncc1C(=O)OC. The van der Waals surface area contributed by atoms with Gasteiger partial charge in [-0.25, -0.2) is 14.8 Å². The lowest BCUT2D eigenvalue weighted by atomic mass is 10.2. The minimum atomic E-state index is -0.469. The van der Waals surface area contributed by atoms with Crippen LogP contribution in [0.3, 0.4) is 0 Å². The molecule has 1 aromatic heterocycles. The fourth-order valence-electron chi connectivity index (χ4n) is 1.60. The van der Waals surface area contributed by atoms with Gasteiger partial charge in [-0.2, -0.15) is 0 Å². The molecule has 1 aromatic carbocycles. The summed E-state index contributed by atoms with van der Waals surface area (Å²) in [5.74, 6) is 0.500. The highest BCUT2D eigenvalue weighted by Gasteiger charge is 2.15. The fourth-order valence-corrected chi connectivity index (χ4v) is 2.07. The third kappa shape index (κ3) is 2.73. The molecule has 0 spiro atoms. The molecule has 0 amide bonds. The molecule has 1 heterocycles. The van der Waals surface area contributed by atoms with Crippen LogP contribution in [-0.4, -0.2) is 30.1 Å². The van der Waals surface area contributed by atoms with Crippen LogP contribution in [0.2, 0.25) is 0 Å². The van der Waals surface area contributed by atoms with Crippen molar-refractivity contribution < 1.29 is 9.53 Å². The van der Waals surface area contributed by atoms with Crippen molar-refractivity contribution in [3.63, 3.8) is 0 Å². The average Bonchev–Trinajstić information content (AvgIpc) is 2.46. The smallest absolute Gasteiger partial charge is 0.343 e. The van der Waals surface area contributed by atoms with Gasteiger partial charge in [0.05, 0.1) is 7.11 Å². The maximum atomic E-state index is 11.6. The molecule has 0 bridgehead atoms. The molecular weight excluding hydrogens is 310 g/mol. The first-order chi connectivity index (χ1) is 9.17. The number of benzene rings is 1. The van der Waals surface area contributed by atoms with E-state index in [1.54, 1.807) is 7.05 Å². The molecule has 19 heavy (non-hydrogen) atoms. The van der Waals surface area contributed by atoms with E-state index < -0.39 is 5.97 Å². The number of hydrogen-bond acceptors (Lipinski definition) is 5. The summed E-state index contributed by atoms with van der Waals surface area (Å²) < 4.78 is 5.57. The van der Waals surface area contributed by atoms with Crippen LogP contribution >= 0.6 is 15.9 Å². The summed E-state index contributed by atoms with van der Waals surface area (Å²) in [6.45, 7) is 0. The zero-order chi connectivity index (χ0) is 13.8. The van der Waals surface area contributed by atoms with E-state index in [1.165, 1.54) is 13.3 Å². The Labute approximate surface area is 119 Å². The van der Waals surface area contributed by atoms with Crippen molar-refractivity contribution in [3.8, 4) is 11.4 Å². The molecule has 0 unspecified atom stereocenters. The number of halogens is 1. The summed E-state index contributed by atoms with van der Waals surface area (Å²) in [4.78, 5) is 20.1. The monoisotopic (exact) mass is 321 g/mol. The zero-order valence-corrected chi connectivity index (χ0v) is 12.1. The second kappa shape index (κ2) is 5.79. The lowest BCUT2D eigenvalue weighted by molar-refractivity contribution is 0.0601. The quantitative estimate of drug-likeness (QED) is 0.880. The Morgan fingerprint density at radius 1 is 1.37 bits per heavy atom. The maximum absolute atomic E-state index is 11.6. The third-order valence-corrected chi connectivity index (χ3v) is 3.24. The minimum Gasteiger partial charge on any atom is -0.465 e. The Balaban J connectivity index is 2.51. The summed E-state index contributed by atoms with van der Waals surface area (Å²) in [6, 6.07) is 7.62. The Bertz CT molecular complexity index is 617. The summed E-state index contributed by atoms with van der Waals surface area (Å²) >= 11 is 3.45. The molecule has 2 rings (SSSR count). The molecule has 0 aliphatic heterocycles. The van der Waals surface area contributed by atoms with E-state index in [2.05, 4.69) is 36.0 Å². The normalized spacial score (nSPS) is 10.1. The molecule has 0 fully saturated rings. The summed E-state index contributed by atoms with van der Waals surface area (Å²) in [5.41, 5.74) is 1.16. The van der Waals surface area contributed by atoms with Gasteiger partial charge >= 0.3 is 5.97 Å². The summed E-state index contributed by atoms with van der Waals surface area (Å²) in [6.07, 6.45) is 1.46. The van der Waals surface area contributed by atoms with Crippen molar-refractivity contribution in [2.45, 2.75) is 0 Å². The van der Waals surface area contributed by atoms with Gasteiger partial charge in [0, 0.05) is 23.3 Å². The van der Waals surface area contributed by atoms with Gasteiger partial charge in [0.15, 0.2) is 5.82 Å². The van der Waals surface area contributed by atoms with E-state index in [4.69, 9.17) is 0 Å². The van der Waals surface area contributed by atoms with Crippen molar-refractivity contribution in [3.05, 3.63) is 40.5 Å². The molecule has 1 N–H and O–H groups in total. The number of esters is 1. The van der Waals surface area contributed by atoms with Crippen molar-refractivity contribution in [2.24, 2.45) is 0 Å². The molecule has 6 heteroatoms. The molecule has 5 nitrogen and oxygen atoms in total. The van der Waals surface area contributed by atoms with Gasteiger partial charge in [-0.15, -0.1) is 0 Å². The maximum Gasteiger partial charge on any atom is 0.343 e. The Hall–Kier alpha value is -1.95. The van der Waals surface area contributed by atoms with Crippen molar-refractivity contribution in [2.75, 3.05) is 19.5 Å². The highest BCUT2D eigenvalue weighted by molar-refractivity contribution is 9.10. The minimum absolute atomic E-state index is 0.306. The Kier molecular flexibility index (Phi) is 4.11. The molecule has 0 saturated carbocycles. The van der Waals surface area contributed by atoms with E-state index in [-0.39, 0.29) is 0 Å². The van der Waals surface area contributed by atoms with Crippen LogP contribution < -0.4 is 5.32 Å². The van der Waals surface area contributed by atoms with Crippen LogP contribution in [0.4, 0.5) is 5.82 Å². The number of carbonyl (C=O) groups is 1. The molecule has 2 aromatic rings. The standard InChI is InChI=1S/C13H12BrN3O2/c1-15-11-9(13(18)19-2)7-16-12(17-11)8-5-3-4-6-10(8)14/h3-7H,1-2H3,(H,15,16,17). The van der Waals surface area contributed by atoms with Gasteiger partial charge < -0.3 is 10.1 Å². The van der Waals surface area contributed by atoms with Crippen LogP contribution in [0.5, 0.6) is 0 Å².